The zero-order valence-corrected chi connectivity index (χ0v) is 22.9. The van der Waals surface area contributed by atoms with Crippen molar-refractivity contribution in [2.75, 3.05) is 23.3 Å². The van der Waals surface area contributed by atoms with Crippen LogP contribution in [0.2, 0.25) is 0 Å². The van der Waals surface area contributed by atoms with E-state index < -0.39 is 16.7 Å². The molecule has 0 bridgehead atoms. The summed E-state index contributed by atoms with van der Waals surface area (Å²) in [4.78, 5) is 19.7. The van der Waals surface area contributed by atoms with E-state index in [1.807, 2.05) is 6.07 Å². The van der Waals surface area contributed by atoms with Crippen molar-refractivity contribution in [1.82, 2.24) is 29.1 Å². The number of pyridine rings is 1. The van der Waals surface area contributed by atoms with E-state index in [2.05, 4.69) is 47.1 Å². The number of hydrogen-bond acceptors (Lipinski definition) is 11. The van der Waals surface area contributed by atoms with Crippen LogP contribution in [-0.4, -0.2) is 67.1 Å². The molecule has 4 aromatic rings. The molecule has 2 N–H and O–H groups in total. The maximum absolute atomic E-state index is 12.9. The number of nitrogens with one attached hydrogen (secondary N) is 1. The lowest BCUT2D eigenvalue weighted by Gasteiger charge is -2.32. The van der Waals surface area contributed by atoms with Gasteiger partial charge in [-0.05, 0) is 37.7 Å². The highest BCUT2D eigenvalue weighted by atomic mass is 32.2. The Morgan fingerprint density at radius 1 is 1.10 bits per heavy atom. The monoisotopic (exact) mass is 580 g/mol. The number of thiazole rings is 1. The number of aromatic nitrogens is 6. The molecule has 0 amide bonds. The minimum Gasteiger partial charge on any atom is -0.393 e. The van der Waals surface area contributed by atoms with Gasteiger partial charge in [0.05, 0.1) is 40.6 Å². The highest BCUT2D eigenvalue weighted by molar-refractivity contribution is 7.90. The van der Waals surface area contributed by atoms with E-state index in [0.29, 0.717) is 78.1 Å². The average Bonchev–Trinajstić information content (AvgIpc) is 3.53. The second-order valence-electron chi connectivity index (χ2n) is 9.55. The van der Waals surface area contributed by atoms with Gasteiger partial charge in [-0.3, -0.25) is 0 Å². The number of halogens is 1. The molecule has 0 radical (unpaired) electrons. The van der Waals surface area contributed by atoms with Gasteiger partial charge in [-0.25, -0.2) is 32.7 Å². The van der Waals surface area contributed by atoms with Gasteiger partial charge in [0.25, 0.3) is 10.0 Å². The fourth-order valence-electron chi connectivity index (χ4n) is 4.32. The molecule has 0 unspecified atom stereocenters. The summed E-state index contributed by atoms with van der Waals surface area (Å²) in [7, 11) is -3.48. The molecule has 11 nitrogen and oxygen atoms in total. The summed E-state index contributed by atoms with van der Waals surface area (Å²) in [5.74, 6) is 7.43. The molecule has 4 aromatic heterocycles. The molecule has 0 aromatic carbocycles. The van der Waals surface area contributed by atoms with Gasteiger partial charge < -0.3 is 15.3 Å². The number of hydrogen-bond donors (Lipinski definition) is 2. The molecule has 5 heterocycles. The van der Waals surface area contributed by atoms with Crippen LogP contribution in [0.5, 0.6) is 0 Å². The maximum Gasteiger partial charge on any atom is 0.256 e. The van der Waals surface area contributed by atoms with E-state index in [4.69, 9.17) is 0 Å². The SMILES string of the molecule is O=S(=O)(C1CC1)n1cc(-c2nccc(Nc3cc(N4CCC(O)CC4)c(C#Cc4csc(CF)n4)cn3)n2)cn1. The summed E-state index contributed by atoms with van der Waals surface area (Å²) >= 11 is 1.23. The van der Waals surface area contributed by atoms with Crippen LogP contribution in [0.15, 0.2) is 42.3 Å². The minimum atomic E-state index is -3.48. The van der Waals surface area contributed by atoms with Crippen LogP contribution in [0.1, 0.15) is 41.9 Å². The third-order valence-corrected chi connectivity index (χ3v) is 9.46. The molecule has 6 rings (SSSR count). The van der Waals surface area contributed by atoms with Gasteiger partial charge in [-0.1, -0.05) is 5.92 Å². The highest BCUT2D eigenvalue weighted by Crippen LogP contribution is 2.31. The van der Waals surface area contributed by atoms with Crippen LogP contribution in [0, 0.1) is 11.8 Å². The lowest BCUT2D eigenvalue weighted by Crippen LogP contribution is -2.36. The Balaban J connectivity index is 1.26. The first kappa shape index (κ1) is 26.3. The largest absolute Gasteiger partial charge is 0.393 e. The van der Waals surface area contributed by atoms with Crippen molar-refractivity contribution >= 4 is 38.7 Å². The Bertz CT molecular complexity index is 1700. The molecule has 40 heavy (non-hydrogen) atoms. The highest BCUT2D eigenvalue weighted by Gasteiger charge is 2.37. The van der Waals surface area contributed by atoms with E-state index in [0.717, 1.165) is 9.77 Å². The molecule has 1 saturated carbocycles. The van der Waals surface area contributed by atoms with Crippen molar-refractivity contribution in [3.05, 3.63) is 58.6 Å². The zero-order valence-electron chi connectivity index (χ0n) is 21.2. The fourth-order valence-corrected chi connectivity index (χ4v) is 6.37. The first-order chi connectivity index (χ1) is 19.4. The molecule has 2 fully saturated rings. The van der Waals surface area contributed by atoms with Crippen molar-refractivity contribution in [3.63, 3.8) is 0 Å². The van der Waals surface area contributed by atoms with Crippen molar-refractivity contribution in [2.24, 2.45) is 0 Å². The average molecular weight is 581 g/mol. The lowest BCUT2D eigenvalue weighted by molar-refractivity contribution is 0.145. The number of aliphatic hydroxyl groups excluding tert-OH is 1. The predicted molar refractivity (Wildman–Crippen MR) is 148 cm³/mol. The molecule has 206 valence electrons. The van der Waals surface area contributed by atoms with E-state index in [-0.39, 0.29) is 11.4 Å². The van der Waals surface area contributed by atoms with Gasteiger partial charge in [0.15, 0.2) is 5.82 Å². The Kier molecular flexibility index (Phi) is 7.18. The summed E-state index contributed by atoms with van der Waals surface area (Å²) in [6, 6.07) is 3.56. The quantitative estimate of drug-likeness (QED) is 0.314. The van der Waals surface area contributed by atoms with Crippen molar-refractivity contribution < 1.29 is 17.9 Å². The minimum absolute atomic E-state index is 0.325. The zero-order chi connectivity index (χ0) is 27.7. The van der Waals surface area contributed by atoms with E-state index in [9.17, 15) is 17.9 Å². The fraction of sp³-hybridized carbons (Fsp3) is 0.346. The van der Waals surface area contributed by atoms with Crippen LogP contribution in [0.3, 0.4) is 0 Å². The molecule has 1 saturated heterocycles. The predicted octanol–water partition coefficient (Wildman–Crippen LogP) is 3.11. The van der Waals surface area contributed by atoms with E-state index >= 15 is 0 Å². The van der Waals surface area contributed by atoms with Gasteiger partial charge >= 0.3 is 0 Å². The summed E-state index contributed by atoms with van der Waals surface area (Å²) in [5, 5.41) is 18.9. The molecule has 1 aliphatic carbocycles. The number of nitrogens with zero attached hydrogens (tertiary/aromatic N) is 7. The topological polar surface area (TPSA) is 139 Å². The van der Waals surface area contributed by atoms with Crippen LogP contribution < -0.4 is 10.2 Å². The van der Waals surface area contributed by atoms with Crippen LogP contribution in [0.25, 0.3) is 11.4 Å². The van der Waals surface area contributed by atoms with Gasteiger partial charge in [0.2, 0.25) is 0 Å². The summed E-state index contributed by atoms with van der Waals surface area (Å²) < 4.78 is 38.9. The van der Waals surface area contributed by atoms with E-state index in [1.165, 1.54) is 23.7 Å². The second-order valence-corrected chi connectivity index (χ2v) is 12.6. The summed E-state index contributed by atoms with van der Waals surface area (Å²) in [6.07, 6.45) is 8.35. The first-order valence-corrected chi connectivity index (χ1v) is 15.1. The first-order valence-electron chi connectivity index (χ1n) is 12.7. The molecule has 14 heteroatoms. The van der Waals surface area contributed by atoms with Crippen LogP contribution in [-0.2, 0) is 16.7 Å². The van der Waals surface area contributed by atoms with Gasteiger partial charge in [0.1, 0.15) is 29.0 Å². The summed E-state index contributed by atoms with van der Waals surface area (Å²) in [6.45, 7) is 0.698. The Hall–Kier alpha value is -3.93. The van der Waals surface area contributed by atoms with Crippen molar-refractivity contribution in [2.45, 2.75) is 43.7 Å². The molecule has 1 aliphatic heterocycles. The standard InChI is InChI=1S/C26H25FN8O3S2/c27-12-25-31-19(16-39-25)2-1-17-13-29-24(11-22(17)34-9-6-20(36)7-10-34)32-23-5-8-28-26(33-23)18-14-30-35(15-18)40(37,38)21-3-4-21/h5,8,11,13-16,20-21,36H,3-4,6-7,9-10,12H2,(H,28,29,32,33). The smallest absolute Gasteiger partial charge is 0.256 e. The molecule has 2 aliphatic rings. The third kappa shape index (κ3) is 5.67. The second kappa shape index (κ2) is 10.9. The number of rotatable bonds is 7. The lowest BCUT2D eigenvalue weighted by atomic mass is 10.1. The van der Waals surface area contributed by atoms with Crippen LogP contribution >= 0.6 is 11.3 Å². The van der Waals surface area contributed by atoms with Gasteiger partial charge in [-0.2, -0.15) is 9.19 Å². The Morgan fingerprint density at radius 3 is 2.67 bits per heavy atom. The molecule has 0 spiro atoms. The normalized spacial score (nSPS) is 16.0. The third-order valence-electron chi connectivity index (χ3n) is 6.62. The maximum atomic E-state index is 12.9. The van der Waals surface area contributed by atoms with Gasteiger partial charge in [-0.15, -0.1) is 11.3 Å². The number of aliphatic hydroxyl groups is 1. The van der Waals surface area contributed by atoms with Crippen LogP contribution in [0.4, 0.5) is 21.7 Å². The molecular weight excluding hydrogens is 555 g/mol. The van der Waals surface area contributed by atoms with E-state index in [1.54, 1.807) is 23.8 Å². The number of piperidine rings is 1. The molecular formula is C26H25FN8O3S2. The number of alkyl halides is 1. The molecule has 0 atom stereocenters. The summed E-state index contributed by atoms with van der Waals surface area (Å²) in [5.41, 5.74) is 2.52. The Morgan fingerprint density at radius 2 is 1.93 bits per heavy atom. The van der Waals surface area contributed by atoms with Crippen molar-refractivity contribution in [1.29, 1.82) is 0 Å². The van der Waals surface area contributed by atoms with Gasteiger partial charge in [0, 0.05) is 36.9 Å². The number of anilines is 3. The Labute approximate surface area is 234 Å². The van der Waals surface area contributed by atoms with Crippen molar-refractivity contribution in [3.8, 4) is 23.2 Å².